The quantitative estimate of drug-likeness (QED) is 0.430. The summed E-state index contributed by atoms with van der Waals surface area (Å²) in [6.07, 6.45) is 9.12. The Labute approximate surface area is 174 Å². The van der Waals surface area contributed by atoms with Gasteiger partial charge in [0.05, 0.1) is 12.8 Å². The van der Waals surface area contributed by atoms with Gasteiger partial charge in [-0.15, -0.1) is 6.58 Å². The third kappa shape index (κ3) is 6.92. The minimum Gasteiger partial charge on any atom is -0.469 e. The Morgan fingerprint density at radius 1 is 1.10 bits per heavy atom. The van der Waals surface area contributed by atoms with E-state index in [4.69, 9.17) is 9.41 Å². The van der Waals surface area contributed by atoms with Crippen molar-refractivity contribution >= 4 is 11.9 Å². The molecule has 0 saturated carbocycles. The maximum absolute atomic E-state index is 12.6. The lowest BCUT2D eigenvalue weighted by atomic mass is 10.2. The highest BCUT2D eigenvalue weighted by atomic mass is 16.3. The second kappa shape index (κ2) is 11.7. The second-order valence-corrected chi connectivity index (χ2v) is 7.76. The van der Waals surface area contributed by atoms with Crippen LogP contribution >= 0.6 is 0 Å². The fraction of sp³-hybridized carbons (Fsp3) is 0.636. The molecular weight excluding hydrogens is 366 g/mol. The Bertz CT molecular complexity index is 642. The molecule has 0 unspecified atom stereocenters. The molecule has 160 valence electrons. The first-order chi connectivity index (χ1) is 14.3. The molecule has 7 heteroatoms. The number of hydrogen-bond donors (Lipinski definition) is 1. The summed E-state index contributed by atoms with van der Waals surface area (Å²) in [7, 11) is 0. The SMILES string of the molecule is C=CCNC(=NCCc1ccco1)N1CCN(CC(=O)N2CCCCCC2)CC1. The van der Waals surface area contributed by atoms with Gasteiger partial charge in [0.2, 0.25) is 5.91 Å². The monoisotopic (exact) mass is 401 g/mol. The number of amides is 1. The standard InChI is InChI=1S/C22H35N5O2/c1-2-10-23-22(24-11-9-20-8-7-18-29-20)27-16-14-25(15-17-27)19-21(28)26-12-5-3-4-6-13-26/h2,7-8,18H,1,3-6,9-17,19H2,(H,23,24). The molecule has 1 amide bonds. The Hall–Kier alpha value is -2.28. The summed E-state index contributed by atoms with van der Waals surface area (Å²) in [5, 5.41) is 3.37. The van der Waals surface area contributed by atoms with Crippen molar-refractivity contribution in [2.45, 2.75) is 32.1 Å². The number of piperazine rings is 1. The highest BCUT2D eigenvalue weighted by Crippen LogP contribution is 2.11. The average Bonchev–Trinajstić information content (AvgIpc) is 3.10. The summed E-state index contributed by atoms with van der Waals surface area (Å²) in [5.74, 6) is 2.15. The normalized spacial score (nSPS) is 19.1. The number of likely N-dealkylation sites (tertiary alicyclic amines) is 1. The van der Waals surface area contributed by atoms with Gasteiger partial charge >= 0.3 is 0 Å². The van der Waals surface area contributed by atoms with Crippen LogP contribution in [-0.4, -0.2) is 85.5 Å². The number of carbonyl (C=O) groups excluding carboxylic acids is 1. The van der Waals surface area contributed by atoms with Gasteiger partial charge in [-0.1, -0.05) is 18.9 Å². The molecule has 7 nitrogen and oxygen atoms in total. The minimum atomic E-state index is 0.289. The fourth-order valence-electron chi connectivity index (χ4n) is 3.89. The van der Waals surface area contributed by atoms with E-state index < -0.39 is 0 Å². The summed E-state index contributed by atoms with van der Waals surface area (Å²) < 4.78 is 5.39. The van der Waals surface area contributed by atoms with E-state index in [2.05, 4.69) is 26.6 Å². The molecule has 29 heavy (non-hydrogen) atoms. The van der Waals surface area contributed by atoms with Crippen LogP contribution in [0.1, 0.15) is 31.4 Å². The third-order valence-electron chi connectivity index (χ3n) is 5.59. The molecule has 2 saturated heterocycles. The third-order valence-corrected chi connectivity index (χ3v) is 5.59. The van der Waals surface area contributed by atoms with Crippen LogP contribution in [0.2, 0.25) is 0 Å². The molecule has 2 aliphatic rings. The van der Waals surface area contributed by atoms with E-state index in [1.807, 2.05) is 18.2 Å². The van der Waals surface area contributed by atoms with Crippen LogP contribution in [0.4, 0.5) is 0 Å². The lowest BCUT2D eigenvalue weighted by Crippen LogP contribution is -2.54. The average molecular weight is 402 g/mol. The number of furan rings is 1. The van der Waals surface area contributed by atoms with Crippen molar-refractivity contribution in [1.29, 1.82) is 0 Å². The number of nitrogens with zero attached hydrogens (tertiary/aromatic N) is 4. The van der Waals surface area contributed by atoms with Gasteiger partial charge in [0.1, 0.15) is 5.76 Å². The van der Waals surface area contributed by atoms with Gasteiger partial charge in [-0.3, -0.25) is 14.7 Å². The Kier molecular flexibility index (Phi) is 8.61. The Balaban J connectivity index is 1.46. The Morgan fingerprint density at radius 2 is 1.86 bits per heavy atom. The van der Waals surface area contributed by atoms with Crippen molar-refractivity contribution < 1.29 is 9.21 Å². The van der Waals surface area contributed by atoms with Crippen molar-refractivity contribution in [2.75, 3.05) is 58.9 Å². The van der Waals surface area contributed by atoms with E-state index in [1.54, 1.807) is 6.26 Å². The van der Waals surface area contributed by atoms with Gasteiger partial charge in [-0.05, 0) is 25.0 Å². The molecule has 0 atom stereocenters. The van der Waals surface area contributed by atoms with Crippen molar-refractivity contribution in [2.24, 2.45) is 4.99 Å². The van der Waals surface area contributed by atoms with Crippen LogP contribution in [0.25, 0.3) is 0 Å². The van der Waals surface area contributed by atoms with Crippen molar-refractivity contribution in [3.63, 3.8) is 0 Å². The zero-order valence-corrected chi connectivity index (χ0v) is 17.5. The van der Waals surface area contributed by atoms with E-state index in [1.165, 1.54) is 12.8 Å². The summed E-state index contributed by atoms with van der Waals surface area (Å²) in [4.78, 5) is 24.0. The largest absolute Gasteiger partial charge is 0.469 e. The lowest BCUT2D eigenvalue weighted by molar-refractivity contribution is -0.132. The van der Waals surface area contributed by atoms with Crippen LogP contribution < -0.4 is 5.32 Å². The highest BCUT2D eigenvalue weighted by molar-refractivity contribution is 5.80. The zero-order chi connectivity index (χ0) is 20.3. The van der Waals surface area contributed by atoms with Crippen LogP contribution in [-0.2, 0) is 11.2 Å². The number of nitrogens with one attached hydrogen (secondary N) is 1. The van der Waals surface area contributed by atoms with Gasteiger partial charge in [0.25, 0.3) is 0 Å². The van der Waals surface area contributed by atoms with Gasteiger partial charge in [0, 0.05) is 58.8 Å². The number of guanidine groups is 1. The smallest absolute Gasteiger partial charge is 0.236 e. The zero-order valence-electron chi connectivity index (χ0n) is 17.5. The lowest BCUT2D eigenvalue weighted by Gasteiger charge is -2.37. The van der Waals surface area contributed by atoms with Gasteiger partial charge in [-0.2, -0.15) is 0 Å². The molecule has 0 spiro atoms. The summed E-state index contributed by atoms with van der Waals surface area (Å²) in [6.45, 7) is 11.1. The number of hydrogen-bond acceptors (Lipinski definition) is 4. The minimum absolute atomic E-state index is 0.289. The maximum Gasteiger partial charge on any atom is 0.236 e. The van der Waals surface area contributed by atoms with Gasteiger partial charge in [-0.25, -0.2) is 0 Å². The topological polar surface area (TPSA) is 64.3 Å². The first kappa shape index (κ1) is 21.4. The van der Waals surface area contributed by atoms with E-state index in [9.17, 15) is 4.79 Å². The number of carbonyl (C=O) groups is 1. The number of aliphatic imine (C=N–C) groups is 1. The van der Waals surface area contributed by atoms with E-state index in [0.717, 1.165) is 70.3 Å². The molecular formula is C22H35N5O2. The summed E-state index contributed by atoms with van der Waals surface area (Å²) >= 11 is 0. The van der Waals surface area contributed by atoms with Gasteiger partial charge in [0.15, 0.2) is 5.96 Å². The van der Waals surface area contributed by atoms with Crippen LogP contribution in [0.5, 0.6) is 0 Å². The predicted molar refractivity (Wildman–Crippen MR) is 116 cm³/mol. The Morgan fingerprint density at radius 3 is 2.52 bits per heavy atom. The van der Waals surface area contributed by atoms with E-state index in [0.29, 0.717) is 19.6 Å². The number of rotatable bonds is 7. The maximum atomic E-state index is 12.6. The molecule has 0 aromatic carbocycles. The molecule has 0 bridgehead atoms. The summed E-state index contributed by atoms with van der Waals surface area (Å²) in [6, 6.07) is 3.88. The van der Waals surface area contributed by atoms with Crippen LogP contribution in [0.15, 0.2) is 40.5 Å². The van der Waals surface area contributed by atoms with Crippen molar-refractivity contribution in [1.82, 2.24) is 20.0 Å². The molecule has 1 aromatic rings. The van der Waals surface area contributed by atoms with Gasteiger partial charge < -0.3 is 19.5 Å². The summed E-state index contributed by atoms with van der Waals surface area (Å²) in [5.41, 5.74) is 0. The molecule has 1 aromatic heterocycles. The van der Waals surface area contributed by atoms with Crippen molar-refractivity contribution in [3.05, 3.63) is 36.8 Å². The first-order valence-corrected chi connectivity index (χ1v) is 10.9. The predicted octanol–water partition coefficient (Wildman–Crippen LogP) is 1.97. The highest BCUT2D eigenvalue weighted by Gasteiger charge is 2.23. The first-order valence-electron chi connectivity index (χ1n) is 10.9. The molecule has 2 fully saturated rings. The molecule has 3 rings (SSSR count). The molecule has 0 radical (unpaired) electrons. The molecule has 0 aliphatic carbocycles. The van der Waals surface area contributed by atoms with Crippen LogP contribution in [0.3, 0.4) is 0 Å². The molecule has 3 heterocycles. The van der Waals surface area contributed by atoms with Crippen molar-refractivity contribution in [3.8, 4) is 0 Å². The molecule has 2 aliphatic heterocycles. The van der Waals surface area contributed by atoms with E-state index >= 15 is 0 Å². The van der Waals surface area contributed by atoms with Crippen LogP contribution in [0, 0.1) is 0 Å². The second-order valence-electron chi connectivity index (χ2n) is 7.76. The van der Waals surface area contributed by atoms with E-state index in [-0.39, 0.29) is 5.91 Å². The molecule has 1 N–H and O–H groups in total. The fourth-order valence-corrected chi connectivity index (χ4v) is 3.89.